The molecule has 12 heteroatoms. The van der Waals surface area contributed by atoms with Crippen molar-refractivity contribution in [1.82, 2.24) is 24.8 Å². The van der Waals surface area contributed by atoms with E-state index in [0.717, 1.165) is 49.6 Å². The van der Waals surface area contributed by atoms with Gasteiger partial charge in [0.15, 0.2) is 0 Å². The molecule has 2 aliphatic heterocycles. The fraction of sp³-hybridized carbons (Fsp3) is 0.440. The predicted octanol–water partition coefficient (Wildman–Crippen LogP) is 3.87. The molecule has 3 N–H and O–H groups in total. The smallest absolute Gasteiger partial charge is 0.383 e. The molecule has 196 valence electrons. The molecular weight excluding hydrogens is 488 g/mol. The monoisotopic (exact) mass is 516 g/mol. The summed E-state index contributed by atoms with van der Waals surface area (Å²) in [5, 5.41) is 3.37. The number of alkyl halides is 3. The van der Waals surface area contributed by atoms with E-state index in [-0.39, 0.29) is 11.5 Å². The van der Waals surface area contributed by atoms with Crippen LogP contribution < -0.4 is 16.0 Å². The molecule has 0 bridgehead atoms. The molecule has 2 saturated heterocycles. The lowest BCUT2D eigenvalue weighted by atomic mass is 9.95. The molecule has 2 aromatic heterocycles. The van der Waals surface area contributed by atoms with Crippen LogP contribution in [0.4, 0.5) is 29.2 Å². The minimum Gasteiger partial charge on any atom is -0.383 e. The Morgan fingerprint density at radius 3 is 2.59 bits per heavy atom. The Hall–Kier alpha value is -3.54. The highest BCUT2D eigenvalue weighted by molar-refractivity contribution is 5.91. The Kier molecular flexibility index (Phi) is 6.84. The highest BCUT2D eigenvalue weighted by Crippen LogP contribution is 2.36. The third-order valence-electron chi connectivity index (χ3n) is 7.03. The molecule has 0 spiro atoms. The van der Waals surface area contributed by atoms with Crippen molar-refractivity contribution in [2.75, 3.05) is 37.3 Å². The van der Waals surface area contributed by atoms with Crippen LogP contribution in [0.25, 0.3) is 11.3 Å². The number of nitrogens with one attached hydrogen (secondary N) is 1. The number of aromatic nitrogens is 4. The summed E-state index contributed by atoms with van der Waals surface area (Å²) in [5.74, 6) is 0.738. The maximum atomic E-state index is 13.9. The number of aliphatic imine (C=N–C) groups is 1. The average Bonchev–Trinajstić information content (AvgIpc) is 3.26. The number of halogens is 4. The molecule has 2 aliphatic rings. The van der Waals surface area contributed by atoms with Crippen LogP contribution in [-0.2, 0) is 12.7 Å². The second-order valence-electron chi connectivity index (χ2n) is 9.41. The number of nitrogens with zero attached hydrogens (tertiary/aromatic N) is 6. The predicted molar refractivity (Wildman–Crippen MR) is 133 cm³/mol. The van der Waals surface area contributed by atoms with Crippen molar-refractivity contribution < 1.29 is 17.6 Å². The second-order valence-corrected chi connectivity index (χ2v) is 9.41. The van der Waals surface area contributed by atoms with Gasteiger partial charge in [-0.25, -0.2) is 19.3 Å². The van der Waals surface area contributed by atoms with E-state index in [0.29, 0.717) is 42.8 Å². The Morgan fingerprint density at radius 1 is 1.19 bits per heavy atom. The molecule has 37 heavy (non-hydrogen) atoms. The molecule has 5 rings (SSSR count). The normalized spacial score (nSPS) is 18.9. The summed E-state index contributed by atoms with van der Waals surface area (Å²) in [4.78, 5) is 19.5. The Balaban J connectivity index is 1.41. The second kappa shape index (κ2) is 10.1. The van der Waals surface area contributed by atoms with Gasteiger partial charge >= 0.3 is 6.18 Å². The van der Waals surface area contributed by atoms with Crippen molar-refractivity contribution in [2.45, 2.75) is 43.9 Å². The van der Waals surface area contributed by atoms with Gasteiger partial charge in [-0.1, -0.05) is 0 Å². The average molecular weight is 517 g/mol. The zero-order chi connectivity index (χ0) is 26.2. The minimum atomic E-state index is -4.78. The van der Waals surface area contributed by atoms with E-state index in [4.69, 9.17) is 10.7 Å². The number of nitrogens with two attached hydrogens (primary N) is 1. The number of imidazole rings is 1. The van der Waals surface area contributed by atoms with E-state index in [9.17, 15) is 17.6 Å². The fourth-order valence-electron chi connectivity index (χ4n) is 4.94. The summed E-state index contributed by atoms with van der Waals surface area (Å²) in [6.07, 6.45) is 2.68. The quantitative estimate of drug-likeness (QED) is 0.381. The first-order valence-electron chi connectivity index (χ1n) is 12.2. The van der Waals surface area contributed by atoms with Crippen molar-refractivity contribution in [3.8, 4) is 11.3 Å². The molecule has 2 fully saturated rings. The van der Waals surface area contributed by atoms with E-state index in [1.807, 2.05) is 4.57 Å². The first-order valence-corrected chi connectivity index (χ1v) is 12.2. The molecule has 0 radical (unpaired) electrons. The molecule has 1 atom stereocenters. The third kappa shape index (κ3) is 5.15. The third-order valence-corrected chi connectivity index (χ3v) is 7.03. The molecule has 8 nitrogen and oxygen atoms in total. The summed E-state index contributed by atoms with van der Waals surface area (Å²) in [5.41, 5.74) is 6.09. The van der Waals surface area contributed by atoms with Gasteiger partial charge in [-0.15, -0.1) is 0 Å². The number of rotatable bonds is 6. The van der Waals surface area contributed by atoms with Crippen molar-refractivity contribution in [3.05, 3.63) is 53.5 Å². The van der Waals surface area contributed by atoms with Crippen LogP contribution in [0, 0.1) is 5.82 Å². The van der Waals surface area contributed by atoms with Crippen LogP contribution in [0.2, 0.25) is 0 Å². The van der Waals surface area contributed by atoms with Gasteiger partial charge < -0.3 is 20.5 Å². The molecular formula is C25H28F4N8. The highest BCUT2D eigenvalue weighted by atomic mass is 19.4. The van der Waals surface area contributed by atoms with Gasteiger partial charge in [0.1, 0.15) is 29.6 Å². The first-order chi connectivity index (χ1) is 17.7. The maximum absolute atomic E-state index is 13.9. The number of benzene rings is 1. The van der Waals surface area contributed by atoms with Crippen LogP contribution in [0.15, 0.2) is 35.7 Å². The summed E-state index contributed by atoms with van der Waals surface area (Å²) in [7, 11) is 1.66. The van der Waals surface area contributed by atoms with E-state index in [1.54, 1.807) is 19.5 Å². The number of hydrogen-bond donors (Lipinski definition) is 2. The molecule has 1 aromatic carbocycles. The van der Waals surface area contributed by atoms with Gasteiger partial charge in [-0.05, 0) is 44.0 Å². The van der Waals surface area contributed by atoms with E-state index in [1.165, 1.54) is 12.4 Å². The molecule has 1 unspecified atom stereocenters. The Labute approximate surface area is 211 Å². The number of anilines is 2. The Morgan fingerprint density at radius 2 is 1.95 bits per heavy atom. The number of piperidine rings is 1. The number of nitrogen functional groups attached to an aromatic ring is 1. The molecule has 4 heterocycles. The van der Waals surface area contributed by atoms with Gasteiger partial charge in [0.05, 0.1) is 16.8 Å². The SMILES string of the molecule is CN=Cc1c(N)ncnc1N1CCC(c2nc(-c3ccc(F)c(C(F)(F)F)c3)cn2CC2CCN2)CC1. The lowest BCUT2D eigenvalue weighted by Gasteiger charge is -2.34. The summed E-state index contributed by atoms with van der Waals surface area (Å²) < 4.78 is 55.9. The largest absolute Gasteiger partial charge is 0.419 e. The standard InChI is InChI=1S/C25H28F4N8/c1-31-11-18-22(30)33-14-34-24(18)36-8-5-15(6-9-36)23-35-21(13-37(23)12-17-4-7-32-17)16-2-3-20(26)19(10-16)25(27,28)29/h2-3,10-11,13-15,17,32H,4-9,12H2,1H3,(H2,30,33,34). The topological polar surface area (TPSA) is 97.2 Å². The van der Waals surface area contributed by atoms with E-state index >= 15 is 0 Å². The van der Waals surface area contributed by atoms with Crippen LogP contribution in [0.5, 0.6) is 0 Å². The zero-order valence-electron chi connectivity index (χ0n) is 20.3. The zero-order valence-corrected chi connectivity index (χ0v) is 20.3. The first kappa shape index (κ1) is 25.1. The van der Waals surface area contributed by atoms with Crippen LogP contribution >= 0.6 is 0 Å². The maximum Gasteiger partial charge on any atom is 0.419 e. The summed E-state index contributed by atoms with van der Waals surface area (Å²) >= 11 is 0. The van der Waals surface area contributed by atoms with E-state index in [2.05, 4.69) is 25.2 Å². The Bertz CT molecular complexity index is 1290. The highest BCUT2D eigenvalue weighted by Gasteiger charge is 2.35. The van der Waals surface area contributed by atoms with Crippen LogP contribution in [-0.4, -0.2) is 58.5 Å². The van der Waals surface area contributed by atoms with Gasteiger partial charge in [0.25, 0.3) is 0 Å². The molecule has 0 aliphatic carbocycles. The summed E-state index contributed by atoms with van der Waals surface area (Å²) in [6, 6.07) is 3.33. The molecule has 3 aromatic rings. The minimum absolute atomic E-state index is 0.107. The van der Waals surface area contributed by atoms with Gasteiger partial charge in [0.2, 0.25) is 0 Å². The lowest BCUT2D eigenvalue weighted by molar-refractivity contribution is -0.139. The van der Waals surface area contributed by atoms with Crippen molar-refractivity contribution >= 4 is 17.9 Å². The van der Waals surface area contributed by atoms with Gasteiger partial charge in [-0.2, -0.15) is 13.2 Å². The van der Waals surface area contributed by atoms with Crippen molar-refractivity contribution in [3.63, 3.8) is 0 Å². The molecule has 0 amide bonds. The van der Waals surface area contributed by atoms with E-state index < -0.39 is 17.6 Å². The van der Waals surface area contributed by atoms with Gasteiger partial charge in [0, 0.05) is 56.6 Å². The summed E-state index contributed by atoms with van der Waals surface area (Å²) in [6.45, 7) is 3.02. The van der Waals surface area contributed by atoms with Crippen LogP contribution in [0.3, 0.4) is 0 Å². The van der Waals surface area contributed by atoms with Crippen molar-refractivity contribution in [1.29, 1.82) is 0 Å². The van der Waals surface area contributed by atoms with Crippen molar-refractivity contribution in [2.24, 2.45) is 4.99 Å². The molecule has 0 saturated carbocycles. The number of hydrogen-bond acceptors (Lipinski definition) is 7. The lowest BCUT2D eigenvalue weighted by Crippen LogP contribution is -2.45. The van der Waals surface area contributed by atoms with Crippen LogP contribution in [0.1, 0.15) is 42.1 Å². The fourth-order valence-corrected chi connectivity index (χ4v) is 4.94. The van der Waals surface area contributed by atoms with Gasteiger partial charge in [-0.3, -0.25) is 4.99 Å².